The second-order valence-corrected chi connectivity index (χ2v) is 11.6. The van der Waals surface area contributed by atoms with Crippen LogP contribution in [0, 0.1) is 11.3 Å². The highest BCUT2D eigenvalue weighted by molar-refractivity contribution is 7.89. The predicted octanol–water partition coefficient (Wildman–Crippen LogP) is 1.93. The number of benzene rings is 1. The second-order valence-electron chi connectivity index (χ2n) is 9.70. The predicted molar refractivity (Wildman–Crippen MR) is 132 cm³/mol. The lowest BCUT2D eigenvalue weighted by Gasteiger charge is -2.36. The number of aryl methyl sites for hydroxylation is 1. The van der Waals surface area contributed by atoms with Crippen LogP contribution in [0.25, 0.3) is 0 Å². The first-order valence-electron chi connectivity index (χ1n) is 12.3. The lowest BCUT2D eigenvalue weighted by Crippen LogP contribution is -2.40. The molecule has 0 bridgehead atoms. The Bertz CT molecular complexity index is 1220. The molecule has 1 aromatic carbocycles. The minimum Gasteiger partial charge on any atom is -0.462 e. The molecule has 0 saturated carbocycles. The molecular formula is C25H34N4O6S. The van der Waals surface area contributed by atoms with E-state index < -0.39 is 16.0 Å². The molecule has 4 rings (SSSR count). The Labute approximate surface area is 211 Å². The lowest BCUT2D eigenvalue weighted by molar-refractivity contribution is 0.0160. The highest BCUT2D eigenvalue weighted by Crippen LogP contribution is 2.38. The van der Waals surface area contributed by atoms with Gasteiger partial charge in [-0.1, -0.05) is 6.92 Å². The largest absolute Gasteiger partial charge is 0.462 e. The van der Waals surface area contributed by atoms with Crippen molar-refractivity contribution in [3.63, 3.8) is 0 Å². The second kappa shape index (κ2) is 10.7. The fraction of sp³-hybridized carbons (Fsp3) is 0.560. The van der Waals surface area contributed by atoms with Gasteiger partial charge >= 0.3 is 5.97 Å². The van der Waals surface area contributed by atoms with E-state index in [2.05, 4.69) is 10.0 Å². The highest BCUT2D eigenvalue weighted by Gasteiger charge is 2.39. The summed E-state index contributed by atoms with van der Waals surface area (Å²) in [5.41, 5.74) is 2.75. The van der Waals surface area contributed by atoms with Crippen LogP contribution in [0.2, 0.25) is 0 Å². The Morgan fingerprint density at radius 1 is 1.28 bits per heavy atom. The standard InChI is InChI=1S/C25H34N4O6S/c1-4-29-22-20(14-25(16-27-23(22)30)9-11-34-12-10-25)21(28-29)13-17(2)15-35-24(31)18-5-7-19(8-6-18)36(32,33)26-3/h5-8,17,26H,4,9-16H2,1-3H3,(H,27,30)/t17-/m1/s1. The molecule has 2 N–H and O–H groups in total. The van der Waals surface area contributed by atoms with Crippen LogP contribution in [0.1, 0.15) is 58.8 Å². The molecule has 0 unspecified atom stereocenters. The molecule has 2 aliphatic heterocycles. The summed E-state index contributed by atoms with van der Waals surface area (Å²) in [5.74, 6) is -0.635. The number of amides is 1. The van der Waals surface area contributed by atoms with E-state index in [0.717, 1.165) is 30.5 Å². The molecule has 2 aromatic rings. The number of aromatic nitrogens is 2. The topological polar surface area (TPSA) is 129 Å². The zero-order valence-corrected chi connectivity index (χ0v) is 21.8. The molecule has 11 heteroatoms. The van der Waals surface area contributed by atoms with E-state index in [-0.39, 0.29) is 34.3 Å². The van der Waals surface area contributed by atoms with Crippen molar-refractivity contribution in [1.82, 2.24) is 19.8 Å². The monoisotopic (exact) mass is 518 g/mol. The summed E-state index contributed by atoms with van der Waals surface area (Å²) in [5, 5.41) is 7.88. The quantitative estimate of drug-likeness (QED) is 0.511. The van der Waals surface area contributed by atoms with E-state index in [9.17, 15) is 18.0 Å². The van der Waals surface area contributed by atoms with Crippen LogP contribution in [0.5, 0.6) is 0 Å². The van der Waals surface area contributed by atoms with Crippen LogP contribution in [-0.2, 0) is 38.9 Å². The fourth-order valence-electron chi connectivity index (χ4n) is 4.91. The molecule has 1 atom stereocenters. The molecule has 10 nitrogen and oxygen atoms in total. The Morgan fingerprint density at radius 2 is 1.97 bits per heavy atom. The number of ether oxygens (including phenoxy) is 2. The van der Waals surface area contributed by atoms with Gasteiger partial charge in [0.15, 0.2) is 0 Å². The SMILES string of the molecule is CCn1nc(C[C@@H](C)COC(=O)c2ccc(S(=O)(=O)NC)cc2)c2c1C(=O)NCC1(CCOCC1)C2. The zero-order valence-electron chi connectivity index (χ0n) is 21.0. The number of hydrogen-bond acceptors (Lipinski definition) is 7. The average molecular weight is 519 g/mol. The molecule has 1 fully saturated rings. The normalized spacial score (nSPS) is 18.2. The van der Waals surface area contributed by atoms with Gasteiger partial charge in [0.2, 0.25) is 10.0 Å². The summed E-state index contributed by atoms with van der Waals surface area (Å²) in [6, 6.07) is 5.61. The van der Waals surface area contributed by atoms with Crippen molar-refractivity contribution in [2.45, 2.75) is 51.0 Å². The third kappa shape index (κ3) is 5.47. The van der Waals surface area contributed by atoms with Crippen molar-refractivity contribution in [3.8, 4) is 0 Å². The van der Waals surface area contributed by atoms with Crippen molar-refractivity contribution in [2.75, 3.05) is 33.4 Å². The van der Waals surface area contributed by atoms with E-state index in [1.54, 1.807) is 4.68 Å². The maximum Gasteiger partial charge on any atom is 0.338 e. The molecule has 196 valence electrons. The smallest absolute Gasteiger partial charge is 0.338 e. The van der Waals surface area contributed by atoms with E-state index in [1.807, 2.05) is 13.8 Å². The van der Waals surface area contributed by atoms with Gasteiger partial charge in [0.1, 0.15) is 5.69 Å². The van der Waals surface area contributed by atoms with Gasteiger partial charge in [-0.2, -0.15) is 5.10 Å². The number of rotatable bonds is 8. The third-order valence-corrected chi connectivity index (χ3v) is 8.52. The van der Waals surface area contributed by atoms with Crippen LogP contribution >= 0.6 is 0 Å². The molecule has 3 heterocycles. The van der Waals surface area contributed by atoms with Gasteiger partial charge in [0, 0.05) is 31.9 Å². The van der Waals surface area contributed by atoms with Gasteiger partial charge in [0.05, 0.1) is 22.8 Å². The first-order chi connectivity index (χ1) is 17.2. The summed E-state index contributed by atoms with van der Waals surface area (Å²) in [6.45, 7) is 6.73. The van der Waals surface area contributed by atoms with Gasteiger partial charge in [-0.05, 0) is 75.3 Å². The Morgan fingerprint density at radius 3 is 2.61 bits per heavy atom. The van der Waals surface area contributed by atoms with Gasteiger partial charge in [-0.3, -0.25) is 9.48 Å². The minimum absolute atomic E-state index is 0.0286. The number of fused-ring (bicyclic) bond motifs is 1. The molecule has 0 aliphatic carbocycles. The summed E-state index contributed by atoms with van der Waals surface area (Å²) < 4.78 is 38.8. The van der Waals surface area contributed by atoms with Gasteiger partial charge in [-0.15, -0.1) is 0 Å². The Kier molecular flexibility index (Phi) is 7.82. The highest BCUT2D eigenvalue weighted by atomic mass is 32.2. The van der Waals surface area contributed by atoms with Crippen LogP contribution in [-0.4, -0.2) is 63.5 Å². The molecule has 1 saturated heterocycles. The number of carbonyl (C=O) groups is 2. The number of nitrogens with zero attached hydrogens (tertiary/aromatic N) is 2. The van der Waals surface area contributed by atoms with E-state index in [0.29, 0.717) is 38.4 Å². The molecule has 2 aliphatic rings. The molecular weight excluding hydrogens is 484 g/mol. The number of hydrogen-bond donors (Lipinski definition) is 2. The average Bonchev–Trinajstić information content (AvgIpc) is 3.15. The molecule has 1 spiro atoms. The van der Waals surface area contributed by atoms with Crippen LogP contribution in [0.4, 0.5) is 0 Å². The molecule has 1 aromatic heterocycles. The van der Waals surface area contributed by atoms with Crippen LogP contribution in [0.3, 0.4) is 0 Å². The van der Waals surface area contributed by atoms with Crippen molar-refractivity contribution in [1.29, 1.82) is 0 Å². The molecule has 36 heavy (non-hydrogen) atoms. The first kappa shape index (κ1) is 26.3. The Hall–Kier alpha value is -2.76. The van der Waals surface area contributed by atoms with Gasteiger partial charge < -0.3 is 14.8 Å². The van der Waals surface area contributed by atoms with Crippen molar-refractivity contribution >= 4 is 21.9 Å². The van der Waals surface area contributed by atoms with Crippen molar-refractivity contribution in [2.24, 2.45) is 11.3 Å². The molecule has 0 radical (unpaired) electrons. The first-order valence-corrected chi connectivity index (χ1v) is 13.8. The number of carbonyl (C=O) groups excluding carboxylic acids is 2. The number of esters is 1. The van der Waals surface area contributed by atoms with E-state index >= 15 is 0 Å². The fourth-order valence-corrected chi connectivity index (χ4v) is 5.64. The number of sulfonamides is 1. The lowest BCUT2D eigenvalue weighted by atomic mass is 9.75. The maximum atomic E-state index is 13.0. The van der Waals surface area contributed by atoms with E-state index in [4.69, 9.17) is 14.6 Å². The summed E-state index contributed by atoms with van der Waals surface area (Å²) in [4.78, 5) is 25.6. The third-order valence-electron chi connectivity index (χ3n) is 7.09. The Balaban J connectivity index is 1.45. The van der Waals surface area contributed by atoms with Gasteiger partial charge in [-0.25, -0.2) is 17.9 Å². The van der Waals surface area contributed by atoms with Crippen molar-refractivity contribution < 1.29 is 27.5 Å². The van der Waals surface area contributed by atoms with E-state index in [1.165, 1.54) is 31.3 Å². The number of nitrogens with one attached hydrogen (secondary N) is 2. The van der Waals surface area contributed by atoms with Crippen LogP contribution < -0.4 is 10.0 Å². The van der Waals surface area contributed by atoms with Gasteiger partial charge in [0.25, 0.3) is 5.91 Å². The van der Waals surface area contributed by atoms with Crippen molar-refractivity contribution in [3.05, 3.63) is 46.8 Å². The zero-order chi connectivity index (χ0) is 25.9. The summed E-state index contributed by atoms with van der Waals surface area (Å²) >= 11 is 0. The summed E-state index contributed by atoms with van der Waals surface area (Å²) in [6.07, 6.45) is 3.13. The van der Waals surface area contributed by atoms with Crippen LogP contribution in [0.15, 0.2) is 29.2 Å². The maximum absolute atomic E-state index is 13.0. The molecule has 1 amide bonds. The minimum atomic E-state index is -3.57. The summed E-state index contributed by atoms with van der Waals surface area (Å²) in [7, 11) is -2.24.